The van der Waals surface area contributed by atoms with Crippen molar-refractivity contribution in [2.45, 2.75) is 24.5 Å². The summed E-state index contributed by atoms with van der Waals surface area (Å²) in [4.78, 5) is 2.60. The molecule has 2 rings (SSSR count). The lowest BCUT2D eigenvalue weighted by molar-refractivity contribution is 0.595. The molecule has 0 unspecified atom stereocenters. The lowest BCUT2D eigenvalue weighted by Gasteiger charge is -2.21. The van der Waals surface area contributed by atoms with Crippen molar-refractivity contribution in [3.8, 4) is 0 Å². The first-order valence-electron chi connectivity index (χ1n) is 7.18. The Morgan fingerprint density at radius 3 is 1.95 bits per heavy atom. The van der Waals surface area contributed by atoms with E-state index in [-0.39, 0.29) is 5.75 Å². The monoisotopic (exact) mass is 303 g/mol. The zero-order chi connectivity index (χ0) is 15.3. The Kier molecular flexibility index (Phi) is 5.02. The van der Waals surface area contributed by atoms with Crippen LogP contribution in [0.3, 0.4) is 0 Å². The second-order valence-corrected chi connectivity index (χ2v) is 6.90. The van der Waals surface area contributed by atoms with Crippen molar-refractivity contribution >= 4 is 15.5 Å². The van der Waals surface area contributed by atoms with E-state index in [1.165, 1.54) is 0 Å². The van der Waals surface area contributed by atoms with Gasteiger partial charge in [0.25, 0.3) is 0 Å². The molecular formula is C17H21NO2S. The van der Waals surface area contributed by atoms with Crippen LogP contribution in [-0.4, -0.2) is 21.5 Å². The van der Waals surface area contributed by atoms with Gasteiger partial charge in [-0.2, -0.15) is 0 Å². The average molecular weight is 303 g/mol. The predicted molar refractivity (Wildman–Crippen MR) is 87.3 cm³/mol. The maximum atomic E-state index is 12.3. The summed E-state index contributed by atoms with van der Waals surface area (Å²) in [7, 11) is -3.27. The molecule has 3 nitrogen and oxygen atoms in total. The molecule has 0 aromatic heterocycles. The van der Waals surface area contributed by atoms with E-state index in [2.05, 4.69) is 18.7 Å². The van der Waals surface area contributed by atoms with Crippen molar-refractivity contribution < 1.29 is 8.42 Å². The first kappa shape index (κ1) is 15.6. The Balaban J connectivity index is 2.17. The fourth-order valence-corrected chi connectivity index (χ4v) is 3.69. The molecule has 2 aromatic rings. The molecule has 0 fully saturated rings. The molecule has 112 valence electrons. The van der Waals surface area contributed by atoms with Gasteiger partial charge >= 0.3 is 0 Å². The summed E-state index contributed by atoms with van der Waals surface area (Å²) >= 11 is 0. The summed E-state index contributed by atoms with van der Waals surface area (Å²) in [5, 5.41) is 0. The van der Waals surface area contributed by atoms with E-state index in [1.807, 2.05) is 30.3 Å². The number of nitrogens with zero attached hydrogens (tertiary/aromatic N) is 1. The summed E-state index contributed by atoms with van der Waals surface area (Å²) in [6.45, 7) is 6.10. The summed E-state index contributed by atoms with van der Waals surface area (Å²) < 4.78 is 24.6. The number of anilines is 1. The Bertz CT molecular complexity index is 660. The quantitative estimate of drug-likeness (QED) is 0.819. The molecule has 0 amide bonds. The zero-order valence-electron chi connectivity index (χ0n) is 12.5. The third-order valence-corrected chi connectivity index (χ3v) is 5.23. The van der Waals surface area contributed by atoms with Crippen molar-refractivity contribution in [1.29, 1.82) is 0 Å². The van der Waals surface area contributed by atoms with Crippen LogP contribution in [0.4, 0.5) is 5.69 Å². The molecule has 4 heteroatoms. The van der Waals surface area contributed by atoms with Crippen LogP contribution in [0.1, 0.15) is 19.4 Å². The fraction of sp³-hybridized carbons (Fsp3) is 0.294. The van der Waals surface area contributed by atoms with Gasteiger partial charge in [0.2, 0.25) is 0 Å². The van der Waals surface area contributed by atoms with E-state index in [0.717, 1.165) is 24.3 Å². The maximum absolute atomic E-state index is 12.3. The highest BCUT2D eigenvalue weighted by Crippen LogP contribution is 2.19. The minimum absolute atomic E-state index is 0.0372. The molecule has 21 heavy (non-hydrogen) atoms. The van der Waals surface area contributed by atoms with Crippen LogP contribution in [0.15, 0.2) is 59.5 Å². The molecule has 0 spiro atoms. The Labute approximate surface area is 127 Å². The number of hydrogen-bond donors (Lipinski definition) is 0. The summed E-state index contributed by atoms with van der Waals surface area (Å²) in [5.74, 6) is 0.0372. The van der Waals surface area contributed by atoms with Crippen molar-refractivity contribution in [3.63, 3.8) is 0 Å². The predicted octanol–water partition coefficient (Wildman–Crippen LogP) is 3.51. The number of hydrogen-bond acceptors (Lipinski definition) is 3. The number of rotatable bonds is 6. The zero-order valence-corrected chi connectivity index (χ0v) is 13.3. The summed E-state index contributed by atoms with van der Waals surface area (Å²) in [6.07, 6.45) is 0. The Morgan fingerprint density at radius 1 is 0.857 bits per heavy atom. The molecule has 0 saturated carbocycles. The molecule has 0 atom stereocenters. The average Bonchev–Trinajstić information content (AvgIpc) is 2.51. The minimum atomic E-state index is -3.27. The second kappa shape index (κ2) is 6.76. The molecule has 0 N–H and O–H groups in total. The molecule has 0 saturated heterocycles. The van der Waals surface area contributed by atoms with Crippen molar-refractivity contribution in [2.24, 2.45) is 0 Å². The van der Waals surface area contributed by atoms with Gasteiger partial charge in [-0.15, -0.1) is 0 Å². The van der Waals surface area contributed by atoms with Gasteiger partial charge in [-0.1, -0.05) is 30.3 Å². The van der Waals surface area contributed by atoms with Gasteiger partial charge in [-0.25, -0.2) is 8.42 Å². The molecule has 0 aliphatic carbocycles. The summed E-state index contributed by atoms with van der Waals surface area (Å²) in [5.41, 5.74) is 1.94. The molecular weight excluding hydrogens is 282 g/mol. The molecule has 0 radical (unpaired) electrons. The molecule has 2 aromatic carbocycles. The van der Waals surface area contributed by atoms with Crippen LogP contribution >= 0.6 is 0 Å². The second-order valence-electron chi connectivity index (χ2n) is 4.91. The van der Waals surface area contributed by atoms with Crippen molar-refractivity contribution in [2.75, 3.05) is 18.0 Å². The van der Waals surface area contributed by atoms with Gasteiger partial charge < -0.3 is 4.90 Å². The van der Waals surface area contributed by atoms with Crippen LogP contribution in [0.2, 0.25) is 0 Å². The highest BCUT2D eigenvalue weighted by molar-refractivity contribution is 7.90. The van der Waals surface area contributed by atoms with Crippen LogP contribution in [0, 0.1) is 0 Å². The van der Waals surface area contributed by atoms with Crippen LogP contribution in [0.5, 0.6) is 0 Å². The van der Waals surface area contributed by atoms with Crippen LogP contribution < -0.4 is 4.90 Å². The topological polar surface area (TPSA) is 37.4 Å². The van der Waals surface area contributed by atoms with Gasteiger partial charge in [0, 0.05) is 18.8 Å². The lowest BCUT2D eigenvalue weighted by Crippen LogP contribution is -2.21. The maximum Gasteiger partial charge on any atom is 0.182 e. The largest absolute Gasteiger partial charge is 0.372 e. The van der Waals surface area contributed by atoms with E-state index < -0.39 is 9.84 Å². The SMILES string of the molecule is CCN(CC)c1ccc(CS(=O)(=O)c2ccccc2)cc1. The Morgan fingerprint density at radius 2 is 1.43 bits per heavy atom. The number of benzene rings is 2. The molecule has 0 aliphatic heterocycles. The smallest absolute Gasteiger partial charge is 0.182 e. The highest BCUT2D eigenvalue weighted by Gasteiger charge is 2.14. The van der Waals surface area contributed by atoms with E-state index in [9.17, 15) is 8.42 Å². The minimum Gasteiger partial charge on any atom is -0.372 e. The highest BCUT2D eigenvalue weighted by atomic mass is 32.2. The fourth-order valence-electron chi connectivity index (χ4n) is 2.32. The van der Waals surface area contributed by atoms with Crippen LogP contribution in [0.25, 0.3) is 0 Å². The summed E-state index contributed by atoms with van der Waals surface area (Å²) in [6, 6.07) is 16.4. The molecule has 0 bridgehead atoms. The third-order valence-electron chi connectivity index (χ3n) is 3.52. The van der Waals surface area contributed by atoms with Gasteiger partial charge in [0.15, 0.2) is 9.84 Å². The number of sulfone groups is 1. The van der Waals surface area contributed by atoms with E-state index in [4.69, 9.17) is 0 Å². The third kappa shape index (κ3) is 3.85. The van der Waals surface area contributed by atoms with Crippen LogP contribution in [-0.2, 0) is 15.6 Å². The molecule has 0 aliphatic rings. The first-order chi connectivity index (χ1) is 10.1. The van der Waals surface area contributed by atoms with Gasteiger partial charge in [0.05, 0.1) is 10.6 Å². The standard InChI is InChI=1S/C17H21NO2S/c1-3-18(4-2)16-12-10-15(11-13-16)14-21(19,20)17-8-6-5-7-9-17/h5-13H,3-4,14H2,1-2H3. The van der Waals surface area contributed by atoms with Gasteiger partial charge in [0.1, 0.15) is 0 Å². The normalized spacial score (nSPS) is 11.3. The van der Waals surface area contributed by atoms with Gasteiger partial charge in [-0.3, -0.25) is 0 Å². The molecule has 0 heterocycles. The first-order valence-corrected chi connectivity index (χ1v) is 8.83. The van der Waals surface area contributed by atoms with Crippen molar-refractivity contribution in [3.05, 3.63) is 60.2 Å². The van der Waals surface area contributed by atoms with E-state index >= 15 is 0 Å². The van der Waals surface area contributed by atoms with Crippen molar-refractivity contribution in [1.82, 2.24) is 0 Å². The van der Waals surface area contributed by atoms with Gasteiger partial charge in [-0.05, 0) is 43.7 Å². The Hall–Kier alpha value is -1.81. The van der Waals surface area contributed by atoms with E-state index in [0.29, 0.717) is 4.90 Å². The lowest BCUT2D eigenvalue weighted by atomic mass is 10.2. The van der Waals surface area contributed by atoms with E-state index in [1.54, 1.807) is 24.3 Å².